The third-order valence-electron chi connectivity index (χ3n) is 5.85. The van der Waals surface area contributed by atoms with Crippen LogP contribution < -0.4 is 29.0 Å². The Balaban J connectivity index is 1.63. The summed E-state index contributed by atoms with van der Waals surface area (Å²) < 4.78 is 29.9. The van der Waals surface area contributed by atoms with Crippen LogP contribution >= 0.6 is 8.58 Å². The summed E-state index contributed by atoms with van der Waals surface area (Å²) in [6.07, 6.45) is 0. The van der Waals surface area contributed by atoms with Crippen LogP contribution in [0.3, 0.4) is 0 Å². The predicted molar refractivity (Wildman–Crippen MR) is 158 cm³/mol. The first-order valence-corrected chi connectivity index (χ1v) is 13.5. The Bertz CT molecular complexity index is 1490. The molecule has 1 atom stereocenters. The molecule has 0 bridgehead atoms. The molecule has 6 nitrogen and oxygen atoms in total. The fourth-order valence-corrected chi connectivity index (χ4v) is 5.11. The van der Waals surface area contributed by atoms with Crippen LogP contribution in [-0.2, 0) is 0 Å². The largest absolute Gasteiger partial charge is 0.496 e. The van der Waals surface area contributed by atoms with Crippen molar-refractivity contribution in [2.75, 3.05) is 14.2 Å². The number of hydrogen-bond acceptors (Lipinski definition) is 6. The molecular weight excluding hydrogens is 523 g/mol. The van der Waals surface area contributed by atoms with Crippen molar-refractivity contribution in [3.05, 3.63) is 127 Å². The Morgan fingerprint density at radius 1 is 0.500 bits per heavy atom. The number of rotatable bonds is 11. The third-order valence-corrected chi connectivity index (χ3v) is 7.07. The first-order chi connectivity index (χ1) is 19.6. The molecule has 200 valence electrons. The molecular formula is C33H27O6P. The average molecular weight is 551 g/mol. The van der Waals surface area contributed by atoms with E-state index in [0.29, 0.717) is 56.9 Å². The van der Waals surface area contributed by atoms with Gasteiger partial charge in [0.2, 0.25) is 0 Å². The lowest BCUT2D eigenvalue weighted by Gasteiger charge is -2.19. The Kier molecular flexibility index (Phi) is 8.60. The standard InChI is InChI=1S/C33H27O6P/c1-35-27-19-12-20-28(36-2)31(27)33(34)40-32-29(38-24-15-8-4-9-16-24)21-26(37-23-13-6-3-7-14-23)22-30(32)39-25-17-10-5-11-18-25/h3-22,40H,1-2H3. The van der Waals surface area contributed by atoms with Gasteiger partial charge in [-0.3, -0.25) is 4.79 Å². The van der Waals surface area contributed by atoms with E-state index in [1.165, 1.54) is 14.2 Å². The molecule has 0 aliphatic rings. The maximum atomic E-state index is 13.9. The molecule has 0 amide bonds. The van der Waals surface area contributed by atoms with Crippen LogP contribution in [0.15, 0.2) is 121 Å². The first kappa shape index (κ1) is 26.8. The second-order valence-electron chi connectivity index (χ2n) is 8.53. The van der Waals surface area contributed by atoms with Crippen molar-refractivity contribution in [1.29, 1.82) is 0 Å². The van der Waals surface area contributed by atoms with Gasteiger partial charge in [-0.2, -0.15) is 0 Å². The number of carbonyl (C=O) groups excluding carboxylic acids is 1. The van der Waals surface area contributed by atoms with Crippen LogP contribution in [0.25, 0.3) is 0 Å². The van der Waals surface area contributed by atoms with Gasteiger partial charge in [0.15, 0.2) is 5.52 Å². The summed E-state index contributed by atoms with van der Waals surface area (Å²) >= 11 is 0. The highest BCUT2D eigenvalue weighted by molar-refractivity contribution is 7.66. The van der Waals surface area contributed by atoms with Crippen LogP contribution in [0.5, 0.6) is 46.0 Å². The number of hydrogen-bond donors (Lipinski definition) is 0. The molecule has 0 saturated carbocycles. The summed E-state index contributed by atoms with van der Waals surface area (Å²) in [6.45, 7) is 0. The second-order valence-corrected chi connectivity index (χ2v) is 9.74. The van der Waals surface area contributed by atoms with Crippen LogP contribution in [0.1, 0.15) is 10.4 Å². The van der Waals surface area contributed by atoms with E-state index < -0.39 is 0 Å². The molecule has 40 heavy (non-hydrogen) atoms. The van der Waals surface area contributed by atoms with E-state index in [9.17, 15) is 4.79 Å². The predicted octanol–water partition coefficient (Wildman–Crippen LogP) is 8.22. The lowest BCUT2D eigenvalue weighted by Crippen LogP contribution is -2.10. The molecule has 7 heteroatoms. The molecule has 0 aliphatic heterocycles. The SMILES string of the molecule is COc1cccc(OC)c1C(=O)Pc1c(Oc2ccccc2)cc(Oc2ccccc2)cc1Oc1ccccc1. The van der Waals surface area contributed by atoms with E-state index in [1.807, 2.05) is 91.0 Å². The minimum Gasteiger partial charge on any atom is -0.496 e. The third kappa shape index (κ3) is 6.42. The molecule has 5 rings (SSSR count). The molecule has 0 fully saturated rings. The molecule has 1 unspecified atom stereocenters. The molecule has 0 saturated heterocycles. The molecule has 0 N–H and O–H groups in total. The topological polar surface area (TPSA) is 63.2 Å². The molecule has 0 radical (unpaired) electrons. The number of ether oxygens (including phenoxy) is 5. The molecule has 0 heterocycles. The molecule has 0 aliphatic carbocycles. The molecule has 0 spiro atoms. The van der Waals surface area contributed by atoms with E-state index in [0.717, 1.165) is 0 Å². The highest BCUT2D eigenvalue weighted by Crippen LogP contribution is 2.41. The zero-order valence-corrected chi connectivity index (χ0v) is 23.0. The van der Waals surface area contributed by atoms with Crippen molar-refractivity contribution in [2.45, 2.75) is 0 Å². The monoisotopic (exact) mass is 550 g/mol. The number of carbonyl (C=O) groups is 1. The van der Waals surface area contributed by atoms with E-state index in [1.54, 1.807) is 30.3 Å². The quantitative estimate of drug-likeness (QED) is 0.154. The van der Waals surface area contributed by atoms with E-state index >= 15 is 0 Å². The first-order valence-electron chi connectivity index (χ1n) is 12.5. The van der Waals surface area contributed by atoms with E-state index in [-0.39, 0.29) is 14.1 Å². The summed E-state index contributed by atoms with van der Waals surface area (Å²) in [6, 6.07) is 37.0. The van der Waals surface area contributed by atoms with Gasteiger partial charge >= 0.3 is 0 Å². The van der Waals surface area contributed by atoms with Gasteiger partial charge in [0, 0.05) is 12.1 Å². The van der Waals surface area contributed by atoms with Gasteiger partial charge in [-0.05, 0) is 57.1 Å². The molecule has 0 aromatic heterocycles. The fraction of sp³-hybridized carbons (Fsp3) is 0.0606. The number of benzene rings is 5. The maximum absolute atomic E-state index is 13.9. The van der Waals surface area contributed by atoms with Crippen molar-refractivity contribution in [3.63, 3.8) is 0 Å². The second kappa shape index (κ2) is 12.8. The fourth-order valence-electron chi connectivity index (χ4n) is 4.02. The van der Waals surface area contributed by atoms with Crippen molar-refractivity contribution in [1.82, 2.24) is 0 Å². The highest BCUT2D eigenvalue weighted by atomic mass is 31.1. The van der Waals surface area contributed by atoms with Gasteiger partial charge in [0.1, 0.15) is 51.6 Å². The Morgan fingerprint density at radius 3 is 1.35 bits per heavy atom. The van der Waals surface area contributed by atoms with Crippen molar-refractivity contribution in [2.24, 2.45) is 0 Å². The summed E-state index contributed by atoms with van der Waals surface area (Å²) in [5.41, 5.74) is 0.161. The average Bonchev–Trinajstić information content (AvgIpc) is 3.00. The smallest absolute Gasteiger partial charge is 0.193 e. The Morgan fingerprint density at radius 2 is 0.925 bits per heavy atom. The van der Waals surface area contributed by atoms with Crippen LogP contribution in [-0.4, -0.2) is 19.7 Å². The minimum atomic E-state index is -0.385. The summed E-state index contributed by atoms with van der Waals surface area (Å²) in [7, 11) is 2.67. The zero-order valence-electron chi connectivity index (χ0n) is 22.0. The van der Waals surface area contributed by atoms with Gasteiger partial charge in [0.25, 0.3) is 0 Å². The highest BCUT2D eigenvalue weighted by Gasteiger charge is 2.24. The van der Waals surface area contributed by atoms with E-state index in [4.69, 9.17) is 23.7 Å². The lowest BCUT2D eigenvalue weighted by atomic mass is 10.2. The Labute approximate surface area is 234 Å². The van der Waals surface area contributed by atoms with Gasteiger partial charge in [-0.25, -0.2) is 0 Å². The van der Waals surface area contributed by atoms with Crippen molar-refractivity contribution < 1.29 is 28.5 Å². The zero-order chi connectivity index (χ0) is 27.7. The van der Waals surface area contributed by atoms with E-state index in [2.05, 4.69) is 0 Å². The summed E-state index contributed by atoms with van der Waals surface area (Å²) in [5.74, 6) is 4.10. The minimum absolute atomic E-state index is 0.193. The van der Waals surface area contributed by atoms with Crippen LogP contribution in [0, 0.1) is 0 Å². The summed E-state index contributed by atoms with van der Waals surface area (Å²) in [4.78, 5) is 13.9. The lowest BCUT2D eigenvalue weighted by molar-refractivity contribution is 0.108. The summed E-state index contributed by atoms with van der Waals surface area (Å²) in [5, 5.41) is 0.575. The van der Waals surface area contributed by atoms with Gasteiger partial charge in [-0.1, -0.05) is 60.7 Å². The molecule has 5 aromatic rings. The van der Waals surface area contributed by atoms with Crippen molar-refractivity contribution >= 4 is 19.4 Å². The van der Waals surface area contributed by atoms with Gasteiger partial charge in [0.05, 0.1) is 19.5 Å². The normalized spacial score (nSPS) is 10.8. The Hall–Kier alpha value is -4.80. The van der Waals surface area contributed by atoms with Crippen LogP contribution in [0.2, 0.25) is 0 Å². The number of methoxy groups -OCH3 is 2. The van der Waals surface area contributed by atoms with Gasteiger partial charge < -0.3 is 23.7 Å². The van der Waals surface area contributed by atoms with Crippen LogP contribution in [0.4, 0.5) is 0 Å². The maximum Gasteiger partial charge on any atom is 0.193 e. The number of para-hydroxylation sites is 3. The molecule has 5 aromatic carbocycles. The van der Waals surface area contributed by atoms with Crippen molar-refractivity contribution in [3.8, 4) is 46.0 Å². The van der Waals surface area contributed by atoms with Gasteiger partial charge in [-0.15, -0.1) is 0 Å².